The summed E-state index contributed by atoms with van der Waals surface area (Å²) in [6.07, 6.45) is 1.83. The Morgan fingerprint density at radius 2 is 2.19 bits per heavy atom. The minimum atomic E-state index is -3.50. The van der Waals surface area contributed by atoms with E-state index >= 15 is 0 Å². The van der Waals surface area contributed by atoms with Crippen molar-refractivity contribution in [2.45, 2.75) is 30.7 Å². The molecule has 0 bridgehead atoms. The SMILES string of the molecule is COc1cc(S(=O)(=O)N2CCC[C@@H]([C@@H](C)N)C2)ccc1Br. The molecular weight excluding hydrogens is 356 g/mol. The van der Waals surface area contributed by atoms with Gasteiger partial charge in [-0.1, -0.05) is 0 Å². The number of hydrogen-bond acceptors (Lipinski definition) is 4. The summed E-state index contributed by atoms with van der Waals surface area (Å²) >= 11 is 3.33. The second kappa shape index (κ2) is 6.64. The molecule has 0 spiro atoms. The fourth-order valence-electron chi connectivity index (χ4n) is 2.57. The van der Waals surface area contributed by atoms with Crippen LogP contribution in [0.5, 0.6) is 5.75 Å². The van der Waals surface area contributed by atoms with Gasteiger partial charge in [0.25, 0.3) is 0 Å². The molecule has 1 aliphatic rings. The molecule has 1 aromatic rings. The van der Waals surface area contributed by atoms with E-state index in [1.54, 1.807) is 18.2 Å². The Bertz CT molecular complexity index is 604. The quantitative estimate of drug-likeness (QED) is 0.873. The molecule has 2 N–H and O–H groups in total. The largest absolute Gasteiger partial charge is 0.496 e. The van der Waals surface area contributed by atoms with Crippen molar-refractivity contribution < 1.29 is 13.2 Å². The van der Waals surface area contributed by atoms with Gasteiger partial charge in [-0.2, -0.15) is 4.31 Å². The van der Waals surface area contributed by atoms with Crippen molar-refractivity contribution in [2.24, 2.45) is 11.7 Å². The van der Waals surface area contributed by atoms with Gasteiger partial charge in [-0.25, -0.2) is 8.42 Å². The molecule has 1 fully saturated rings. The number of nitrogens with two attached hydrogens (primary N) is 1. The number of methoxy groups -OCH3 is 1. The molecule has 118 valence electrons. The first kappa shape index (κ1) is 16.7. The van der Waals surface area contributed by atoms with Gasteiger partial charge in [0.2, 0.25) is 10.0 Å². The van der Waals surface area contributed by atoms with Gasteiger partial charge in [0.1, 0.15) is 5.75 Å². The van der Waals surface area contributed by atoms with Gasteiger partial charge in [-0.3, -0.25) is 0 Å². The van der Waals surface area contributed by atoms with Crippen molar-refractivity contribution in [3.63, 3.8) is 0 Å². The second-order valence-corrected chi connectivity index (χ2v) is 8.21. The number of halogens is 1. The van der Waals surface area contributed by atoms with Crippen LogP contribution in [0.25, 0.3) is 0 Å². The summed E-state index contributed by atoms with van der Waals surface area (Å²) in [6, 6.07) is 4.84. The lowest BCUT2D eigenvalue weighted by molar-refractivity contribution is 0.243. The van der Waals surface area contributed by atoms with E-state index in [9.17, 15) is 8.42 Å². The molecule has 21 heavy (non-hydrogen) atoms. The van der Waals surface area contributed by atoms with Crippen LogP contribution in [0.15, 0.2) is 27.6 Å². The van der Waals surface area contributed by atoms with Gasteiger partial charge in [0.05, 0.1) is 16.5 Å². The topological polar surface area (TPSA) is 72.6 Å². The van der Waals surface area contributed by atoms with E-state index in [2.05, 4.69) is 15.9 Å². The fraction of sp³-hybridized carbons (Fsp3) is 0.571. The van der Waals surface area contributed by atoms with Crippen molar-refractivity contribution in [1.29, 1.82) is 0 Å². The van der Waals surface area contributed by atoms with Gasteiger partial charge in [-0.15, -0.1) is 0 Å². The van der Waals surface area contributed by atoms with Crippen molar-refractivity contribution in [1.82, 2.24) is 4.31 Å². The summed E-state index contributed by atoms with van der Waals surface area (Å²) < 4.78 is 32.9. The lowest BCUT2D eigenvalue weighted by atomic mass is 9.93. The van der Waals surface area contributed by atoms with Gasteiger partial charge < -0.3 is 10.5 Å². The number of nitrogens with zero attached hydrogens (tertiary/aromatic N) is 1. The van der Waals surface area contributed by atoms with E-state index in [1.807, 2.05) is 6.92 Å². The summed E-state index contributed by atoms with van der Waals surface area (Å²) in [6.45, 7) is 2.96. The highest BCUT2D eigenvalue weighted by atomic mass is 79.9. The van der Waals surface area contributed by atoms with E-state index in [4.69, 9.17) is 10.5 Å². The maximum Gasteiger partial charge on any atom is 0.243 e. The Labute approximate surface area is 134 Å². The molecule has 0 unspecified atom stereocenters. The Balaban J connectivity index is 2.29. The van der Waals surface area contributed by atoms with E-state index in [0.29, 0.717) is 18.8 Å². The second-order valence-electron chi connectivity index (χ2n) is 5.42. The first-order valence-electron chi connectivity index (χ1n) is 6.95. The number of ether oxygens (including phenoxy) is 1. The Morgan fingerprint density at radius 1 is 1.48 bits per heavy atom. The number of hydrogen-bond donors (Lipinski definition) is 1. The Hall–Kier alpha value is -0.630. The Morgan fingerprint density at radius 3 is 2.81 bits per heavy atom. The van der Waals surface area contributed by atoms with Gasteiger partial charge in [-0.05, 0) is 53.7 Å². The van der Waals surface area contributed by atoms with Gasteiger partial charge in [0, 0.05) is 25.2 Å². The lowest BCUT2D eigenvalue weighted by Gasteiger charge is -2.33. The minimum Gasteiger partial charge on any atom is -0.496 e. The van der Waals surface area contributed by atoms with Crippen LogP contribution in [0.1, 0.15) is 19.8 Å². The van der Waals surface area contributed by atoms with Gasteiger partial charge in [0.15, 0.2) is 0 Å². The summed E-state index contributed by atoms with van der Waals surface area (Å²) in [5.41, 5.74) is 5.93. The molecule has 5 nitrogen and oxygen atoms in total. The minimum absolute atomic E-state index is 0.00227. The van der Waals surface area contributed by atoms with Gasteiger partial charge >= 0.3 is 0 Å². The molecule has 0 amide bonds. The molecule has 0 radical (unpaired) electrons. The van der Waals surface area contributed by atoms with Crippen LogP contribution >= 0.6 is 15.9 Å². The lowest BCUT2D eigenvalue weighted by Crippen LogP contribution is -2.44. The third kappa shape index (κ3) is 3.59. The predicted molar refractivity (Wildman–Crippen MR) is 85.8 cm³/mol. The molecule has 0 aromatic heterocycles. The average molecular weight is 377 g/mol. The normalized spacial score (nSPS) is 22.0. The summed E-state index contributed by atoms with van der Waals surface area (Å²) in [4.78, 5) is 0.257. The summed E-state index contributed by atoms with van der Waals surface area (Å²) in [5.74, 6) is 0.725. The maximum absolute atomic E-state index is 12.7. The van der Waals surface area contributed by atoms with Crippen LogP contribution in [0.4, 0.5) is 0 Å². The van der Waals surface area contributed by atoms with Crippen LogP contribution in [0.3, 0.4) is 0 Å². The number of sulfonamides is 1. The van der Waals surface area contributed by atoms with E-state index in [-0.39, 0.29) is 16.9 Å². The third-order valence-electron chi connectivity index (χ3n) is 3.92. The molecule has 0 saturated carbocycles. The predicted octanol–water partition coefficient (Wildman–Crippen LogP) is 2.21. The van der Waals surface area contributed by atoms with Crippen molar-refractivity contribution in [3.05, 3.63) is 22.7 Å². The van der Waals surface area contributed by atoms with Crippen LogP contribution in [-0.2, 0) is 10.0 Å². The van der Waals surface area contributed by atoms with E-state index in [0.717, 1.165) is 17.3 Å². The fourth-order valence-corrected chi connectivity index (χ4v) is 4.53. The highest BCUT2D eigenvalue weighted by Gasteiger charge is 2.31. The van der Waals surface area contributed by atoms with Crippen LogP contribution in [-0.4, -0.2) is 39.0 Å². The molecule has 7 heteroatoms. The highest BCUT2D eigenvalue weighted by Crippen LogP contribution is 2.30. The molecular formula is C14H21BrN2O3S. The molecule has 1 heterocycles. The summed E-state index contributed by atoms with van der Waals surface area (Å²) in [5, 5.41) is 0. The van der Waals surface area contributed by atoms with Crippen LogP contribution in [0.2, 0.25) is 0 Å². The van der Waals surface area contributed by atoms with Crippen molar-refractivity contribution >= 4 is 26.0 Å². The van der Waals surface area contributed by atoms with Crippen molar-refractivity contribution in [2.75, 3.05) is 20.2 Å². The molecule has 1 saturated heterocycles. The standard InChI is InChI=1S/C14H21BrN2O3S/c1-10(16)11-4-3-7-17(9-11)21(18,19)12-5-6-13(15)14(8-12)20-2/h5-6,8,10-11H,3-4,7,9,16H2,1-2H3/t10-,11-/m1/s1. The average Bonchev–Trinajstić information content (AvgIpc) is 2.47. The zero-order valence-electron chi connectivity index (χ0n) is 12.3. The molecule has 2 rings (SSSR count). The Kier molecular flexibility index (Phi) is 5.29. The smallest absolute Gasteiger partial charge is 0.243 e. The van der Waals surface area contributed by atoms with Crippen molar-refractivity contribution in [3.8, 4) is 5.75 Å². The maximum atomic E-state index is 12.7. The van der Waals surface area contributed by atoms with Crippen LogP contribution in [0, 0.1) is 5.92 Å². The molecule has 0 aliphatic carbocycles. The first-order chi connectivity index (χ1) is 9.86. The number of piperidine rings is 1. The number of rotatable bonds is 4. The highest BCUT2D eigenvalue weighted by molar-refractivity contribution is 9.10. The van der Waals surface area contributed by atoms with E-state index < -0.39 is 10.0 Å². The molecule has 1 aliphatic heterocycles. The molecule has 2 atom stereocenters. The summed E-state index contributed by atoms with van der Waals surface area (Å²) in [7, 11) is -1.98. The number of benzene rings is 1. The zero-order valence-corrected chi connectivity index (χ0v) is 14.7. The van der Waals surface area contributed by atoms with Crippen LogP contribution < -0.4 is 10.5 Å². The monoisotopic (exact) mass is 376 g/mol. The third-order valence-corrected chi connectivity index (χ3v) is 6.44. The van der Waals surface area contributed by atoms with E-state index in [1.165, 1.54) is 11.4 Å². The first-order valence-corrected chi connectivity index (χ1v) is 9.19. The zero-order chi connectivity index (χ0) is 15.6. The molecule has 1 aromatic carbocycles.